The number of hydrogen-bond donors (Lipinski definition) is 1. The molecule has 5 heteroatoms. The molecule has 0 bridgehead atoms. The third-order valence-electron chi connectivity index (χ3n) is 5.84. The van der Waals surface area contributed by atoms with Gasteiger partial charge in [-0.1, -0.05) is 42.5 Å². The van der Waals surface area contributed by atoms with E-state index in [9.17, 15) is 4.39 Å². The Morgan fingerprint density at radius 3 is 2.44 bits per heavy atom. The number of halogens is 1. The Kier molecular flexibility index (Phi) is 6.77. The Morgan fingerprint density at radius 1 is 0.969 bits per heavy atom. The number of ether oxygens (including phenoxy) is 3. The predicted molar refractivity (Wildman–Crippen MR) is 125 cm³/mol. The van der Waals surface area contributed by atoms with Gasteiger partial charge in [-0.15, -0.1) is 0 Å². The molecule has 0 amide bonds. The van der Waals surface area contributed by atoms with E-state index in [-0.39, 0.29) is 18.0 Å². The summed E-state index contributed by atoms with van der Waals surface area (Å²) < 4.78 is 31.7. The van der Waals surface area contributed by atoms with E-state index in [1.54, 1.807) is 19.2 Å². The van der Waals surface area contributed by atoms with Crippen LogP contribution in [0, 0.1) is 5.82 Å². The molecule has 4 rings (SSSR count). The van der Waals surface area contributed by atoms with Crippen LogP contribution in [0.4, 0.5) is 10.1 Å². The van der Waals surface area contributed by atoms with E-state index in [4.69, 9.17) is 14.2 Å². The average Bonchev–Trinajstić information content (AvgIpc) is 2.79. The van der Waals surface area contributed by atoms with Gasteiger partial charge >= 0.3 is 0 Å². The summed E-state index contributed by atoms with van der Waals surface area (Å²) in [4.78, 5) is 0. The predicted octanol–water partition coefficient (Wildman–Crippen LogP) is 5.92. The molecule has 1 heterocycles. The van der Waals surface area contributed by atoms with Crippen molar-refractivity contribution in [2.24, 2.45) is 0 Å². The van der Waals surface area contributed by atoms with Crippen molar-refractivity contribution in [3.8, 4) is 5.75 Å². The third kappa shape index (κ3) is 5.12. The summed E-state index contributed by atoms with van der Waals surface area (Å²) in [6.07, 6.45) is 0.320. The maximum atomic E-state index is 13.2. The van der Waals surface area contributed by atoms with Gasteiger partial charge in [0.2, 0.25) is 0 Å². The van der Waals surface area contributed by atoms with E-state index >= 15 is 0 Å². The largest absolute Gasteiger partial charge is 0.485 e. The van der Waals surface area contributed by atoms with Gasteiger partial charge in [0.1, 0.15) is 29.4 Å². The first-order valence-electron chi connectivity index (χ1n) is 11.0. The topological polar surface area (TPSA) is 39.7 Å². The molecule has 3 aromatic rings. The minimum absolute atomic E-state index is 0.233. The molecule has 0 saturated carbocycles. The molecule has 1 aliphatic heterocycles. The number of methoxy groups -OCH3 is 1. The lowest BCUT2D eigenvalue weighted by Gasteiger charge is -2.43. The normalized spacial score (nSPS) is 19.1. The van der Waals surface area contributed by atoms with Crippen molar-refractivity contribution < 1.29 is 18.6 Å². The van der Waals surface area contributed by atoms with Gasteiger partial charge in [0.05, 0.1) is 6.61 Å². The van der Waals surface area contributed by atoms with Crippen molar-refractivity contribution in [2.45, 2.75) is 44.6 Å². The van der Waals surface area contributed by atoms with Crippen molar-refractivity contribution in [1.29, 1.82) is 0 Å². The lowest BCUT2D eigenvalue weighted by molar-refractivity contribution is -0.149. The molecule has 168 valence electrons. The number of hydrogen-bond acceptors (Lipinski definition) is 4. The highest BCUT2D eigenvalue weighted by molar-refractivity contribution is 5.53. The van der Waals surface area contributed by atoms with Crippen molar-refractivity contribution in [1.82, 2.24) is 0 Å². The Bertz CT molecular complexity index is 1020. The summed E-state index contributed by atoms with van der Waals surface area (Å²) >= 11 is 0. The summed E-state index contributed by atoms with van der Waals surface area (Å²) in [6, 6.07) is 22.8. The molecular weight excluding hydrogens is 405 g/mol. The molecule has 32 heavy (non-hydrogen) atoms. The smallest absolute Gasteiger partial charge is 0.132 e. The van der Waals surface area contributed by atoms with Crippen LogP contribution in [-0.2, 0) is 22.4 Å². The zero-order chi connectivity index (χ0) is 22.6. The van der Waals surface area contributed by atoms with Gasteiger partial charge in [0.25, 0.3) is 0 Å². The maximum Gasteiger partial charge on any atom is 0.132 e. The lowest BCUT2D eigenvalue weighted by atomic mass is 9.88. The Morgan fingerprint density at radius 2 is 1.72 bits per heavy atom. The standard InChI is InChI=1S/C27H30FNO3/c1-27(2)26(30-3)25(31-16-15-19-7-5-4-6-8-19)23-17-22(13-14-24(23)32-27)29-18-20-9-11-21(28)12-10-20/h4-14,17,25-26,29H,15-16,18H2,1-3H3. The van der Waals surface area contributed by atoms with Crippen LogP contribution >= 0.6 is 0 Å². The average molecular weight is 436 g/mol. The summed E-state index contributed by atoms with van der Waals surface area (Å²) in [6.45, 7) is 5.23. The number of nitrogens with one attached hydrogen (secondary N) is 1. The molecule has 2 unspecified atom stereocenters. The molecule has 0 saturated heterocycles. The summed E-state index contributed by atoms with van der Waals surface area (Å²) in [5.74, 6) is 0.573. The van der Waals surface area contributed by atoms with E-state index < -0.39 is 5.60 Å². The molecule has 0 aliphatic carbocycles. The van der Waals surface area contributed by atoms with Crippen LogP contribution in [0.2, 0.25) is 0 Å². The van der Waals surface area contributed by atoms with Crippen LogP contribution < -0.4 is 10.1 Å². The van der Waals surface area contributed by atoms with Gasteiger partial charge in [-0.25, -0.2) is 4.39 Å². The van der Waals surface area contributed by atoms with Crippen molar-refractivity contribution in [3.63, 3.8) is 0 Å². The third-order valence-corrected chi connectivity index (χ3v) is 5.84. The first-order valence-corrected chi connectivity index (χ1v) is 11.0. The zero-order valence-electron chi connectivity index (χ0n) is 18.8. The Hall–Kier alpha value is -2.89. The van der Waals surface area contributed by atoms with Gasteiger partial charge < -0.3 is 19.5 Å². The fourth-order valence-electron chi connectivity index (χ4n) is 4.18. The zero-order valence-corrected chi connectivity index (χ0v) is 18.8. The van der Waals surface area contributed by atoms with Crippen LogP contribution in [0.25, 0.3) is 0 Å². The maximum absolute atomic E-state index is 13.2. The number of benzene rings is 3. The van der Waals surface area contributed by atoms with Crippen molar-refractivity contribution in [3.05, 3.63) is 95.3 Å². The molecule has 0 aromatic heterocycles. The molecule has 1 N–H and O–H groups in total. The SMILES string of the molecule is COC1C(OCCc2ccccc2)c2cc(NCc3ccc(F)cc3)ccc2OC1(C)C. The van der Waals surface area contributed by atoms with Crippen LogP contribution in [0.5, 0.6) is 5.75 Å². The van der Waals surface area contributed by atoms with E-state index in [0.29, 0.717) is 13.2 Å². The Balaban J connectivity index is 1.52. The second kappa shape index (κ2) is 9.72. The van der Waals surface area contributed by atoms with E-state index in [1.807, 2.05) is 44.2 Å². The van der Waals surface area contributed by atoms with Gasteiger partial charge in [-0.2, -0.15) is 0 Å². The Labute approximate surface area is 189 Å². The van der Waals surface area contributed by atoms with Gasteiger partial charge in [0, 0.05) is 24.9 Å². The summed E-state index contributed by atoms with van der Waals surface area (Å²) in [5.41, 5.74) is 3.63. The molecule has 1 aliphatic rings. The molecule has 4 nitrogen and oxygen atoms in total. The lowest BCUT2D eigenvalue weighted by Crippen LogP contribution is -2.50. The van der Waals surface area contributed by atoms with E-state index in [2.05, 4.69) is 23.5 Å². The fourth-order valence-corrected chi connectivity index (χ4v) is 4.18. The highest BCUT2D eigenvalue weighted by Gasteiger charge is 2.45. The molecule has 0 fully saturated rings. The van der Waals surface area contributed by atoms with Crippen LogP contribution in [0.3, 0.4) is 0 Å². The van der Waals surface area contributed by atoms with Crippen LogP contribution in [0.1, 0.15) is 36.6 Å². The second-order valence-corrected chi connectivity index (χ2v) is 8.62. The van der Waals surface area contributed by atoms with E-state index in [1.165, 1.54) is 17.7 Å². The highest BCUT2D eigenvalue weighted by atomic mass is 19.1. The molecular formula is C27H30FNO3. The van der Waals surface area contributed by atoms with Gasteiger partial charge in [-0.05, 0) is 61.7 Å². The number of fused-ring (bicyclic) bond motifs is 1. The molecule has 0 radical (unpaired) electrons. The fraction of sp³-hybridized carbons (Fsp3) is 0.333. The summed E-state index contributed by atoms with van der Waals surface area (Å²) in [7, 11) is 1.70. The van der Waals surface area contributed by atoms with Gasteiger partial charge in [-0.3, -0.25) is 0 Å². The minimum Gasteiger partial charge on any atom is -0.485 e. The second-order valence-electron chi connectivity index (χ2n) is 8.62. The van der Waals surface area contributed by atoms with Crippen LogP contribution in [0.15, 0.2) is 72.8 Å². The molecule has 3 aromatic carbocycles. The quantitative estimate of drug-likeness (QED) is 0.476. The van der Waals surface area contributed by atoms with Gasteiger partial charge in [0.15, 0.2) is 0 Å². The molecule has 2 atom stereocenters. The number of rotatable bonds is 8. The minimum atomic E-state index is -0.526. The van der Waals surface area contributed by atoms with E-state index in [0.717, 1.165) is 29.0 Å². The highest BCUT2D eigenvalue weighted by Crippen LogP contribution is 2.44. The number of anilines is 1. The first kappa shape index (κ1) is 22.3. The summed E-state index contributed by atoms with van der Waals surface area (Å²) in [5, 5.41) is 3.41. The van der Waals surface area contributed by atoms with Crippen molar-refractivity contribution in [2.75, 3.05) is 19.0 Å². The van der Waals surface area contributed by atoms with Crippen molar-refractivity contribution >= 4 is 5.69 Å². The van der Waals surface area contributed by atoms with Crippen LogP contribution in [-0.4, -0.2) is 25.4 Å². The first-order chi connectivity index (χ1) is 15.5. The molecule has 0 spiro atoms. The monoisotopic (exact) mass is 435 g/mol.